The van der Waals surface area contributed by atoms with Crippen LogP contribution >= 0.6 is 0 Å². The molecule has 0 unspecified atom stereocenters. The lowest BCUT2D eigenvalue weighted by Crippen LogP contribution is -2.17. The minimum atomic E-state index is -0.375. The van der Waals surface area contributed by atoms with Crippen LogP contribution in [0.2, 0.25) is 0 Å². The molecule has 0 fully saturated rings. The highest BCUT2D eigenvalue weighted by molar-refractivity contribution is 5.40. The van der Waals surface area contributed by atoms with E-state index in [4.69, 9.17) is 4.74 Å². The van der Waals surface area contributed by atoms with Gasteiger partial charge >= 0.3 is 0 Å². The first kappa shape index (κ1) is 12.2. The van der Waals surface area contributed by atoms with Gasteiger partial charge in [-0.1, -0.05) is 36.4 Å². The van der Waals surface area contributed by atoms with Crippen LogP contribution in [-0.4, -0.2) is 12.2 Å². The third kappa shape index (κ3) is 2.36. The molecule has 0 saturated heterocycles. The molecule has 0 saturated carbocycles. The van der Waals surface area contributed by atoms with E-state index in [2.05, 4.69) is 24.3 Å². The van der Waals surface area contributed by atoms with Crippen molar-refractivity contribution in [3.8, 4) is 5.75 Å². The SMILES string of the molecule is COc1ccc2c(c1)C[C@@H](c1ccccc1)C[C@@H]2O. The van der Waals surface area contributed by atoms with E-state index in [1.165, 1.54) is 11.1 Å². The Morgan fingerprint density at radius 3 is 2.63 bits per heavy atom. The number of fused-ring (bicyclic) bond motifs is 1. The van der Waals surface area contributed by atoms with E-state index in [1.54, 1.807) is 7.11 Å². The third-order valence-electron chi connectivity index (χ3n) is 3.95. The van der Waals surface area contributed by atoms with Crippen LogP contribution in [0.5, 0.6) is 5.75 Å². The van der Waals surface area contributed by atoms with Crippen molar-refractivity contribution in [2.45, 2.75) is 24.9 Å². The van der Waals surface area contributed by atoms with Gasteiger partial charge in [0.1, 0.15) is 5.75 Å². The Morgan fingerprint density at radius 2 is 1.89 bits per heavy atom. The average molecular weight is 254 g/mol. The molecule has 1 N–H and O–H groups in total. The van der Waals surface area contributed by atoms with E-state index in [9.17, 15) is 5.11 Å². The second kappa shape index (κ2) is 5.06. The summed E-state index contributed by atoms with van der Waals surface area (Å²) in [4.78, 5) is 0. The van der Waals surface area contributed by atoms with Crippen molar-refractivity contribution >= 4 is 0 Å². The summed E-state index contributed by atoms with van der Waals surface area (Å²) in [6, 6.07) is 16.4. The highest BCUT2D eigenvalue weighted by Crippen LogP contribution is 2.39. The summed E-state index contributed by atoms with van der Waals surface area (Å²) in [5.41, 5.74) is 3.55. The van der Waals surface area contributed by atoms with Crippen LogP contribution in [0.25, 0.3) is 0 Å². The van der Waals surface area contributed by atoms with Gasteiger partial charge in [-0.2, -0.15) is 0 Å². The number of aliphatic hydroxyl groups excluding tert-OH is 1. The Balaban J connectivity index is 1.94. The summed E-state index contributed by atoms with van der Waals surface area (Å²) in [5.74, 6) is 1.25. The fourth-order valence-corrected chi connectivity index (χ4v) is 2.94. The maximum absolute atomic E-state index is 10.3. The molecule has 0 aromatic heterocycles. The molecule has 0 bridgehead atoms. The van der Waals surface area contributed by atoms with Crippen molar-refractivity contribution in [1.82, 2.24) is 0 Å². The Kier molecular flexibility index (Phi) is 3.26. The van der Waals surface area contributed by atoms with E-state index >= 15 is 0 Å². The zero-order chi connectivity index (χ0) is 13.2. The van der Waals surface area contributed by atoms with E-state index in [0.29, 0.717) is 5.92 Å². The first-order valence-electron chi connectivity index (χ1n) is 6.67. The van der Waals surface area contributed by atoms with Crippen LogP contribution in [-0.2, 0) is 6.42 Å². The zero-order valence-electron chi connectivity index (χ0n) is 11.0. The van der Waals surface area contributed by atoms with Crippen LogP contribution in [0.15, 0.2) is 48.5 Å². The first-order chi connectivity index (χ1) is 9.28. The van der Waals surface area contributed by atoms with Crippen LogP contribution in [0.4, 0.5) is 0 Å². The number of methoxy groups -OCH3 is 1. The second-order valence-electron chi connectivity index (χ2n) is 5.13. The van der Waals surface area contributed by atoms with Crippen LogP contribution in [0, 0.1) is 0 Å². The molecule has 2 aromatic rings. The molecule has 19 heavy (non-hydrogen) atoms. The quantitative estimate of drug-likeness (QED) is 0.889. The molecule has 2 aromatic carbocycles. The number of aliphatic hydroxyl groups is 1. The molecule has 0 spiro atoms. The summed E-state index contributed by atoms with van der Waals surface area (Å²) in [7, 11) is 1.68. The van der Waals surface area contributed by atoms with E-state index < -0.39 is 0 Å². The minimum absolute atomic E-state index is 0.375. The smallest absolute Gasteiger partial charge is 0.119 e. The maximum atomic E-state index is 10.3. The van der Waals surface area contributed by atoms with Gasteiger partial charge in [0.15, 0.2) is 0 Å². The largest absolute Gasteiger partial charge is 0.497 e. The molecule has 1 aliphatic carbocycles. The van der Waals surface area contributed by atoms with E-state index in [1.807, 2.05) is 24.3 Å². The molecule has 3 rings (SSSR count). The predicted molar refractivity (Wildman–Crippen MR) is 75.5 cm³/mol. The van der Waals surface area contributed by atoms with Gasteiger partial charge < -0.3 is 9.84 Å². The first-order valence-corrected chi connectivity index (χ1v) is 6.67. The third-order valence-corrected chi connectivity index (χ3v) is 3.95. The molecule has 2 nitrogen and oxygen atoms in total. The minimum Gasteiger partial charge on any atom is -0.497 e. The molecule has 0 aliphatic heterocycles. The summed E-state index contributed by atoms with van der Waals surface area (Å²) in [6.07, 6.45) is 1.39. The number of ether oxygens (including phenoxy) is 1. The molecule has 98 valence electrons. The van der Waals surface area contributed by atoms with Gasteiger partial charge in [0, 0.05) is 0 Å². The molecule has 0 radical (unpaired) electrons. The van der Waals surface area contributed by atoms with E-state index in [-0.39, 0.29) is 6.10 Å². The standard InChI is InChI=1S/C17H18O2/c1-19-15-7-8-16-14(10-15)9-13(11-17(16)18)12-5-3-2-4-6-12/h2-8,10,13,17-18H,9,11H2,1H3/t13-,17+/m1/s1. The van der Waals surface area contributed by atoms with Gasteiger partial charge in [-0.25, -0.2) is 0 Å². The zero-order valence-corrected chi connectivity index (χ0v) is 11.0. The monoisotopic (exact) mass is 254 g/mol. The van der Waals surface area contributed by atoms with Gasteiger partial charge in [-0.3, -0.25) is 0 Å². The summed E-state index contributed by atoms with van der Waals surface area (Å²) in [6.45, 7) is 0. The molecule has 2 atom stereocenters. The number of rotatable bonds is 2. The highest BCUT2D eigenvalue weighted by atomic mass is 16.5. The fourth-order valence-electron chi connectivity index (χ4n) is 2.94. The van der Waals surface area contributed by atoms with Crippen LogP contribution in [0.3, 0.4) is 0 Å². The molecular weight excluding hydrogens is 236 g/mol. The van der Waals surface area contributed by atoms with Crippen LogP contribution < -0.4 is 4.74 Å². The molecule has 1 aliphatic rings. The van der Waals surface area contributed by atoms with Crippen molar-refractivity contribution in [3.05, 3.63) is 65.2 Å². The fraction of sp³-hybridized carbons (Fsp3) is 0.294. The highest BCUT2D eigenvalue weighted by Gasteiger charge is 2.26. The molecular formula is C17H18O2. The van der Waals surface area contributed by atoms with Gasteiger partial charge in [0.05, 0.1) is 13.2 Å². The van der Waals surface area contributed by atoms with Gasteiger partial charge in [-0.15, -0.1) is 0 Å². The lowest BCUT2D eigenvalue weighted by Gasteiger charge is -2.29. The summed E-state index contributed by atoms with van der Waals surface area (Å²) >= 11 is 0. The van der Waals surface area contributed by atoms with Gasteiger partial charge in [0.2, 0.25) is 0 Å². The lowest BCUT2D eigenvalue weighted by atomic mass is 9.78. The second-order valence-corrected chi connectivity index (χ2v) is 5.13. The van der Waals surface area contributed by atoms with Crippen molar-refractivity contribution in [1.29, 1.82) is 0 Å². The van der Waals surface area contributed by atoms with Crippen molar-refractivity contribution in [2.75, 3.05) is 7.11 Å². The van der Waals surface area contributed by atoms with Crippen LogP contribution in [0.1, 0.15) is 35.1 Å². The van der Waals surface area contributed by atoms with Gasteiger partial charge in [0.25, 0.3) is 0 Å². The maximum Gasteiger partial charge on any atom is 0.119 e. The lowest BCUT2D eigenvalue weighted by molar-refractivity contribution is 0.147. The topological polar surface area (TPSA) is 29.5 Å². The number of benzene rings is 2. The Labute approximate surface area is 113 Å². The molecule has 0 amide bonds. The Hall–Kier alpha value is -1.80. The normalized spacial score (nSPS) is 21.8. The molecule has 2 heteroatoms. The number of hydrogen-bond acceptors (Lipinski definition) is 2. The predicted octanol–water partition coefficient (Wildman–Crippen LogP) is 3.46. The van der Waals surface area contributed by atoms with Crippen molar-refractivity contribution in [2.24, 2.45) is 0 Å². The summed E-state index contributed by atoms with van der Waals surface area (Å²) < 4.78 is 5.27. The molecule has 0 heterocycles. The van der Waals surface area contributed by atoms with Gasteiger partial charge in [-0.05, 0) is 47.6 Å². The van der Waals surface area contributed by atoms with E-state index in [0.717, 1.165) is 24.2 Å². The van der Waals surface area contributed by atoms with Crippen molar-refractivity contribution in [3.63, 3.8) is 0 Å². The number of hydrogen-bond donors (Lipinski definition) is 1. The Morgan fingerprint density at radius 1 is 1.11 bits per heavy atom. The summed E-state index contributed by atoms with van der Waals surface area (Å²) in [5, 5.41) is 10.3. The van der Waals surface area contributed by atoms with Crippen molar-refractivity contribution < 1.29 is 9.84 Å². The average Bonchev–Trinajstić information content (AvgIpc) is 2.47. The Bertz CT molecular complexity index is 563.